The van der Waals surface area contributed by atoms with Gasteiger partial charge in [0.05, 0.1) is 26.5 Å². The molecule has 2 N–H and O–H groups in total. The van der Waals surface area contributed by atoms with Gasteiger partial charge in [-0.05, 0) is 24.3 Å². The standard InChI is InChI=1S/C15H9Cl2N3O2/c16-10-6-3-5-9(12(10)17)14(22)20-15-18-11-7-2-1-4-8(11)13(21)19-15/h1-7H,(H2,18,19,20,21,22). The predicted octanol–water partition coefficient (Wildman–Crippen LogP) is 3.48. The van der Waals surface area contributed by atoms with Gasteiger partial charge in [-0.15, -0.1) is 0 Å². The van der Waals surface area contributed by atoms with E-state index in [-0.39, 0.29) is 27.1 Å². The fraction of sp³-hybridized carbons (Fsp3) is 0. The van der Waals surface area contributed by atoms with Gasteiger partial charge in [-0.3, -0.25) is 19.9 Å². The quantitative estimate of drug-likeness (QED) is 0.753. The van der Waals surface area contributed by atoms with Crippen LogP contribution in [0.2, 0.25) is 10.0 Å². The van der Waals surface area contributed by atoms with Gasteiger partial charge in [0.25, 0.3) is 11.5 Å². The van der Waals surface area contributed by atoms with Gasteiger partial charge in [0.2, 0.25) is 5.95 Å². The highest BCUT2D eigenvalue weighted by Gasteiger charge is 2.14. The number of carbonyl (C=O) groups excluding carboxylic acids is 1. The number of anilines is 1. The molecule has 0 aliphatic rings. The maximum atomic E-state index is 12.2. The molecule has 0 saturated carbocycles. The first-order valence-electron chi connectivity index (χ1n) is 6.30. The minimum Gasteiger partial charge on any atom is -0.292 e. The highest BCUT2D eigenvalue weighted by atomic mass is 35.5. The molecule has 1 heterocycles. The molecule has 110 valence electrons. The molecular formula is C15H9Cl2N3O2. The van der Waals surface area contributed by atoms with E-state index in [2.05, 4.69) is 15.3 Å². The zero-order valence-corrected chi connectivity index (χ0v) is 12.6. The van der Waals surface area contributed by atoms with Gasteiger partial charge in [0, 0.05) is 0 Å². The normalized spacial score (nSPS) is 10.6. The van der Waals surface area contributed by atoms with Gasteiger partial charge < -0.3 is 0 Å². The minimum atomic E-state index is -0.508. The zero-order chi connectivity index (χ0) is 15.7. The molecule has 1 aromatic heterocycles. The number of rotatable bonds is 2. The van der Waals surface area contributed by atoms with Crippen LogP contribution in [0.25, 0.3) is 10.9 Å². The summed E-state index contributed by atoms with van der Waals surface area (Å²) in [6, 6.07) is 11.6. The van der Waals surface area contributed by atoms with Crippen molar-refractivity contribution >= 4 is 46.0 Å². The summed E-state index contributed by atoms with van der Waals surface area (Å²) in [6.45, 7) is 0. The van der Waals surface area contributed by atoms with Crippen molar-refractivity contribution in [1.29, 1.82) is 0 Å². The Hall–Kier alpha value is -2.37. The van der Waals surface area contributed by atoms with E-state index in [0.29, 0.717) is 10.9 Å². The van der Waals surface area contributed by atoms with Crippen molar-refractivity contribution in [3.63, 3.8) is 0 Å². The number of hydrogen-bond acceptors (Lipinski definition) is 3. The van der Waals surface area contributed by atoms with Crippen LogP contribution in [0.3, 0.4) is 0 Å². The van der Waals surface area contributed by atoms with E-state index in [1.807, 2.05) is 0 Å². The molecule has 2 aromatic carbocycles. The summed E-state index contributed by atoms with van der Waals surface area (Å²) in [5, 5.41) is 3.37. The van der Waals surface area contributed by atoms with E-state index < -0.39 is 5.91 Å². The lowest BCUT2D eigenvalue weighted by Crippen LogP contribution is -2.18. The largest absolute Gasteiger partial charge is 0.292 e. The molecule has 0 bridgehead atoms. The topological polar surface area (TPSA) is 74.8 Å². The first-order chi connectivity index (χ1) is 10.6. The maximum absolute atomic E-state index is 12.2. The number of nitrogens with zero attached hydrogens (tertiary/aromatic N) is 1. The Labute approximate surface area is 134 Å². The van der Waals surface area contributed by atoms with E-state index in [9.17, 15) is 9.59 Å². The monoisotopic (exact) mass is 333 g/mol. The fourth-order valence-corrected chi connectivity index (χ4v) is 2.39. The van der Waals surface area contributed by atoms with Gasteiger partial charge >= 0.3 is 0 Å². The van der Waals surface area contributed by atoms with E-state index in [4.69, 9.17) is 23.2 Å². The second-order valence-electron chi connectivity index (χ2n) is 4.49. The Balaban J connectivity index is 1.98. The number of benzene rings is 2. The van der Waals surface area contributed by atoms with Crippen molar-refractivity contribution in [1.82, 2.24) is 9.97 Å². The van der Waals surface area contributed by atoms with E-state index in [0.717, 1.165) is 0 Å². The van der Waals surface area contributed by atoms with Crippen molar-refractivity contribution in [2.24, 2.45) is 0 Å². The molecule has 0 saturated heterocycles. The molecule has 7 heteroatoms. The SMILES string of the molecule is O=C(Nc1nc2ccccc2c(=O)[nH]1)c1cccc(Cl)c1Cl. The Bertz CT molecular complexity index is 937. The summed E-state index contributed by atoms with van der Waals surface area (Å²) in [7, 11) is 0. The van der Waals surface area contributed by atoms with Crippen LogP contribution in [0.1, 0.15) is 10.4 Å². The minimum absolute atomic E-state index is 0.0461. The first-order valence-corrected chi connectivity index (χ1v) is 7.06. The highest BCUT2D eigenvalue weighted by Crippen LogP contribution is 2.25. The van der Waals surface area contributed by atoms with E-state index >= 15 is 0 Å². The van der Waals surface area contributed by atoms with Crippen LogP contribution in [0.5, 0.6) is 0 Å². The average molecular weight is 334 g/mol. The maximum Gasteiger partial charge on any atom is 0.260 e. The second kappa shape index (κ2) is 5.79. The third-order valence-corrected chi connectivity index (χ3v) is 3.86. The van der Waals surface area contributed by atoms with Crippen LogP contribution in [0, 0.1) is 0 Å². The first kappa shape index (κ1) is 14.6. The fourth-order valence-electron chi connectivity index (χ4n) is 2.00. The van der Waals surface area contributed by atoms with Crippen molar-refractivity contribution in [3.05, 3.63) is 68.4 Å². The van der Waals surface area contributed by atoms with E-state index in [1.54, 1.807) is 36.4 Å². The number of para-hydroxylation sites is 1. The molecule has 0 spiro atoms. The number of halogens is 2. The lowest BCUT2D eigenvalue weighted by Gasteiger charge is -2.07. The highest BCUT2D eigenvalue weighted by molar-refractivity contribution is 6.44. The van der Waals surface area contributed by atoms with Gasteiger partial charge in [-0.2, -0.15) is 0 Å². The lowest BCUT2D eigenvalue weighted by atomic mass is 10.2. The smallest absolute Gasteiger partial charge is 0.260 e. The molecule has 3 aromatic rings. The van der Waals surface area contributed by atoms with Crippen molar-refractivity contribution in [3.8, 4) is 0 Å². The molecule has 5 nitrogen and oxygen atoms in total. The Morgan fingerprint density at radius 1 is 1.09 bits per heavy atom. The Morgan fingerprint density at radius 3 is 2.68 bits per heavy atom. The van der Waals surface area contributed by atoms with Crippen LogP contribution in [0.15, 0.2) is 47.3 Å². The molecule has 3 rings (SSSR count). The van der Waals surface area contributed by atoms with Crippen LogP contribution >= 0.6 is 23.2 Å². The summed E-state index contributed by atoms with van der Waals surface area (Å²) in [6.07, 6.45) is 0. The summed E-state index contributed by atoms with van der Waals surface area (Å²) in [5.74, 6) is -0.462. The summed E-state index contributed by atoms with van der Waals surface area (Å²) >= 11 is 11.9. The number of amides is 1. The molecular weight excluding hydrogens is 325 g/mol. The van der Waals surface area contributed by atoms with E-state index in [1.165, 1.54) is 6.07 Å². The molecule has 22 heavy (non-hydrogen) atoms. The number of aromatic nitrogens is 2. The van der Waals surface area contributed by atoms with Crippen molar-refractivity contribution in [2.45, 2.75) is 0 Å². The van der Waals surface area contributed by atoms with Gasteiger partial charge in [-0.1, -0.05) is 41.4 Å². The number of hydrogen-bond donors (Lipinski definition) is 2. The molecule has 0 aliphatic carbocycles. The molecule has 0 radical (unpaired) electrons. The van der Waals surface area contributed by atoms with Crippen LogP contribution < -0.4 is 10.9 Å². The molecule has 1 amide bonds. The third-order valence-electron chi connectivity index (χ3n) is 3.04. The van der Waals surface area contributed by atoms with Gasteiger partial charge in [-0.25, -0.2) is 4.98 Å². The summed E-state index contributed by atoms with van der Waals surface area (Å²) in [4.78, 5) is 30.9. The van der Waals surface area contributed by atoms with Crippen LogP contribution in [0.4, 0.5) is 5.95 Å². The third kappa shape index (κ3) is 2.68. The number of nitrogens with one attached hydrogen (secondary N) is 2. The summed E-state index contributed by atoms with van der Waals surface area (Å²) in [5.41, 5.74) is 0.349. The number of H-pyrrole nitrogens is 1. The Morgan fingerprint density at radius 2 is 1.86 bits per heavy atom. The molecule has 0 unspecified atom stereocenters. The van der Waals surface area contributed by atoms with Crippen LogP contribution in [-0.4, -0.2) is 15.9 Å². The van der Waals surface area contributed by atoms with Crippen molar-refractivity contribution < 1.29 is 4.79 Å². The van der Waals surface area contributed by atoms with Crippen molar-refractivity contribution in [2.75, 3.05) is 5.32 Å². The second-order valence-corrected chi connectivity index (χ2v) is 5.27. The number of fused-ring (bicyclic) bond motifs is 1. The van der Waals surface area contributed by atoms with Gasteiger partial charge in [0.15, 0.2) is 0 Å². The molecule has 0 atom stereocenters. The number of carbonyl (C=O) groups is 1. The lowest BCUT2D eigenvalue weighted by molar-refractivity contribution is 0.102. The Kier molecular flexibility index (Phi) is 3.83. The van der Waals surface area contributed by atoms with Crippen LogP contribution in [-0.2, 0) is 0 Å². The average Bonchev–Trinajstić information content (AvgIpc) is 2.50. The predicted molar refractivity (Wildman–Crippen MR) is 86.8 cm³/mol. The molecule has 0 aliphatic heterocycles. The molecule has 0 fully saturated rings. The zero-order valence-electron chi connectivity index (χ0n) is 11.1. The number of aromatic amines is 1. The summed E-state index contributed by atoms with van der Waals surface area (Å²) < 4.78 is 0. The van der Waals surface area contributed by atoms with Gasteiger partial charge in [0.1, 0.15) is 0 Å².